The van der Waals surface area contributed by atoms with E-state index in [4.69, 9.17) is 28.9 Å². The molecule has 8 heteroatoms. The van der Waals surface area contributed by atoms with Crippen LogP contribution in [0.15, 0.2) is 35.2 Å². The van der Waals surface area contributed by atoms with Crippen LogP contribution in [0, 0.1) is 0 Å². The smallest absolute Gasteiger partial charge is 0.266 e. The fourth-order valence-electron chi connectivity index (χ4n) is 1.80. The summed E-state index contributed by atoms with van der Waals surface area (Å²) in [7, 11) is -3.79. The molecule has 2 aromatic rings. The van der Waals surface area contributed by atoms with Crippen LogP contribution < -0.4 is 10.0 Å². The first-order chi connectivity index (χ1) is 9.37. The molecule has 0 radical (unpaired) electrons. The summed E-state index contributed by atoms with van der Waals surface area (Å²) in [5, 5.41) is 0. The number of anilines is 2. The van der Waals surface area contributed by atoms with Crippen molar-refractivity contribution in [3.8, 4) is 0 Å². The van der Waals surface area contributed by atoms with E-state index in [2.05, 4.69) is 0 Å². The number of rotatable bonds is 4. The van der Waals surface area contributed by atoms with Crippen LogP contribution in [0.4, 0.5) is 11.4 Å². The average Bonchev–Trinajstić information content (AvgIpc) is 2.72. The van der Waals surface area contributed by atoms with Gasteiger partial charge in [0, 0.05) is 6.54 Å². The molecule has 1 aromatic carbocycles. The van der Waals surface area contributed by atoms with Gasteiger partial charge in [0.15, 0.2) is 0 Å². The van der Waals surface area contributed by atoms with Crippen molar-refractivity contribution in [3.05, 3.63) is 39.0 Å². The zero-order valence-electron chi connectivity index (χ0n) is 10.5. The van der Waals surface area contributed by atoms with Crippen molar-refractivity contribution in [3.63, 3.8) is 0 Å². The van der Waals surface area contributed by atoms with Crippen LogP contribution in [-0.2, 0) is 10.0 Å². The van der Waals surface area contributed by atoms with Crippen molar-refractivity contribution in [1.29, 1.82) is 0 Å². The van der Waals surface area contributed by atoms with Crippen molar-refractivity contribution >= 4 is 55.9 Å². The highest BCUT2D eigenvalue weighted by molar-refractivity contribution is 7.93. The van der Waals surface area contributed by atoms with E-state index in [9.17, 15) is 8.42 Å². The molecule has 0 fully saturated rings. The molecule has 0 aliphatic heterocycles. The number of hydrogen-bond donors (Lipinski definition) is 1. The third-order valence-corrected chi connectivity index (χ3v) is 6.33. The van der Waals surface area contributed by atoms with Gasteiger partial charge in [-0.1, -0.05) is 35.3 Å². The van der Waals surface area contributed by atoms with Gasteiger partial charge < -0.3 is 5.73 Å². The van der Waals surface area contributed by atoms with Crippen LogP contribution in [0.3, 0.4) is 0 Å². The van der Waals surface area contributed by atoms with E-state index in [1.54, 1.807) is 31.2 Å². The van der Waals surface area contributed by atoms with E-state index in [1.165, 1.54) is 10.4 Å². The van der Waals surface area contributed by atoms with Gasteiger partial charge in [-0.25, -0.2) is 8.42 Å². The molecule has 20 heavy (non-hydrogen) atoms. The van der Waals surface area contributed by atoms with Crippen LogP contribution in [-0.4, -0.2) is 15.0 Å². The minimum atomic E-state index is -3.79. The average molecular weight is 351 g/mol. The number of halogens is 2. The fourth-order valence-corrected chi connectivity index (χ4v) is 5.42. The first-order valence-electron chi connectivity index (χ1n) is 5.70. The van der Waals surface area contributed by atoms with Gasteiger partial charge in [-0.2, -0.15) is 0 Å². The van der Waals surface area contributed by atoms with Gasteiger partial charge in [0.2, 0.25) is 0 Å². The molecule has 0 unspecified atom stereocenters. The highest BCUT2D eigenvalue weighted by Gasteiger charge is 2.28. The van der Waals surface area contributed by atoms with Gasteiger partial charge in [0.25, 0.3) is 10.0 Å². The van der Waals surface area contributed by atoms with Crippen LogP contribution in [0.2, 0.25) is 8.67 Å². The molecule has 0 aliphatic rings. The first kappa shape index (κ1) is 15.4. The molecule has 0 aliphatic carbocycles. The molecule has 1 aromatic heterocycles. The fraction of sp³-hybridized carbons (Fsp3) is 0.167. The lowest BCUT2D eigenvalue weighted by molar-refractivity contribution is 0.592. The lowest BCUT2D eigenvalue weighted by Crippen LogP contribution is -2.31. The number of thiophene rings is 1. The summed E-state index contributed by atoms with van der Waals surface area (Å²) in [5.41, 5.74) is 6.66. The Morgan fingerprint density at radius 1 is 1.30 bits per heavy atom. The monoisotopic (exact) mass is 350 g/mol. The van der Waals surface area contributed by atoms with Crippen LogP contribution in [0.1, 0.15) is 6.92 Å². The molecule has 0 amide bonds. The van der Waals surface area contributed by atoms with E-state index in [0.29, 0.717) is 15.7 Å². The second kappa shape index (κ2) is 5.81. The predicted molar refractivity (Wildman–Crippen MR) is 85.4 cm³/mol. The minimum absolute atomic E-state index is 0.000676. The first-order valence-corrected chi connectivity index (χ1v) is 8.71. The van der Waals surface area contributed by atoms with Crippen molar-refractivity contribution in [2.45, 2.75) is 11.8 Å². The SMILES string of the molecule is CCN(c1ccccc1N)S(=O)(=O)c1cc(Cl)sc1Cl. The second-order valence-corrected chi connectivity index (χ2v) is 8.03. The zero-order chi connectivity index (χ0) is 14.9. The maximum absolute atomic E-state index is 12.7. The largest absolute Gasteiger partial charge is 0.397 e. The molecule has 1 heterocycles. The summed E-state index contributed by atoms with van der Waals surface area (Å²) >= 11 is 12.8. The van der Waals surface area contributed by atoms with E-state index < -0.39 is 10.0 Å². The lowest BCUT2D eigenvalue weighted by Gasteiger charge is -2.23. The zero-order valence-corrected chi connectivity index (χ0v) is 13.7. The highest BCUT2D eigenvalue weighted by atomic mass is 35.5. The molecular weight excluding hydrogens is 339 g/mol. The molecule has 0 spiro atoms. The topological polar surface area (TPSA) is 63.4 Å². The third kappa shape index (κ3) is 2.74. The Hall–Kier alpha value is -0.950. The second-order valence-electron chi connectivity index (χ2n) is 3.92. The Morgan fingerprint density at radius 2 is 1.95 bits per heavy atom. The summed E-state index contributed by atoms with van der Waals surface area (Å²) in [4.78, 5) is -0.000676. The number of nitrogen functional groups attached to an aromatic ring is 1. The molecule has 0 atom stereocenters. The summed E-state index contributed by atoms with van der Waals surface area (Å²) in [5.74, 6) is 0. The van der Waals surface area contributed by atoms with Crippen LogP contribution >= 0.6 is 34.5 Å². The summed E-state index contributed by atoms with van der Waals surface area (Å²) in [6.07, 6.45) is 0. The van der Waals surface area contributed by atoms with Gasteiger partial charge in [0.05, 0.1) is 15.7 Å². The molecule has 0 saturated heterocycles. The van der Waals surface area contributed by atoms with E-state index in [-0.39, 0.29) is 15.8 Å². The van der Waals surface area contributed by atoms with Gasteiger partial charge in [-0.3, -0.25) is 4.31 Å². The van der Waals surface area contributed by atoms with Crippen molar-refractivity contribution < 1.29 is 8.42 Å². The van der Waals surface area contributed by atoms with Gasteiger partial charge in [0.1, 0.15) is 9.23 Å². The Bertz CT molecular complexity index is 729. The number of benzene rings is 1. The molecule has 4 nitrogen and oxygen atoms in total. The molecule has 108 valence electrons. The Kier molecular flexibility index (Phi) is 4.49. The number of nitrogens with two attached hydrogens (primary N) is 1. The minimum Gasteiger partial charge on any atom is -0.397 e. The number of hydrogen-bond acceptors (Lipinski definition) is 4. The number of sulfonamides is 1. The Morgan fingerprint density at radius 3 is 2.45 bits per heavy atom. The normalized spacial score (nSPS) is 11.6. The summed E-state index contributed by atoms with van der Waals surface area (Å²) < 4.78 is 27.0. The molecular formula is C12H12Cl2N2O2S2. The quantitative estimate of drug-likeness (QED) is 0.851. The van der Waals surface area contributed by atoms with Crippen molar-refractivity contribution in [2.24, 2.45) is 0 Å². The Labute approximate surface area is 131 Å². The molecule has 2 rings (SSSR count). The summed E-state index contributed by atoms with van der Waals surface area (Å²) in [6.45, 7) is 1.96. The highest BCUT2D eigenvalue weighted by Crippen LogP contribution is 2.37. The standard InChI is InChI=1S/C12H12Cl2N2O2S2/c1-2-16(9-6-4-3-5-8(9)15)20(17,18)10-7-11(13)19-12(10)14/h3-7H,2,15H2,1H3. The lowest BCUT2D eigenvalue weighted by atomic mass is 10.3. The third-order valence-electron chi connectivity index (χ3n) is 2.69. The Balaban J connectivity index is 2.57. The van der Waals surface area contributed by atoms with E-state index in [1.807, 2.05) is 0 Å². The molecule has 0 saturated carbocycles. The molecule has 2 N–H and O–H groups in total. The predicted octanol–water partition coefficient (Wildman–Crippen LogP) is 3.85. The van der Waals surface area contributed by atoms with E-state index >= 15 is 0 Å². The van der Waals surface area contributed by atoms with Gasteiger partial charge in [-0.05, 0) is 25.1 Å². The maximum Gasteiger partial charge on any atom is 0.266 e. The number of para-hydroxylation sites is 2. The van der Waals surface area contributed by atoms with Crippen LogP contribution in [0.25, 0.3) is 0 Å². The van der Waals surface area contributed by atoms with Crippen molar-refractivity contribution in [2.75, 3.05) is 16.6 Å². The number of nitrogens with zero attached hydrogens (tertiary/aromatic N) is 1. The molecule has 0 bridgehead atoms. The van der Waals surface area contributed by atoms with Crippen LogP contribution in [0.5, 0.6) is 0 Å². The van der Waals surface area contributed by atoms with Gasteiger partial charge >= 0.3 is 0 Å². The summed E-state index contributed by atoms with van der Waals surface area (Å²) in [6, 6.07) is 8.12. The maximum atomic E-state index is 12.7. The van der Waals surface area contributed by atoms with E-state index in [0.717, 1.165) is 11.3 Å². The van der Waals surface area contributed by atoms with Crippen molar-refractivity contribution in [1.82, 2.24) is 0 Å². The van der Waals surface area contributed by atoms with Gasteiger partial charge in [-0.15, -0.1) is 11.3 Å².